The number of rotatable bonds is 7. The highest BCUT2D eigenvalue weighted by molar-refractivity contribution is 5.82. The number of carbonyl (C=O) groups is 1. The molecule has 0 aromatic heterocycles. The standard InChI is InChI=1S/C22H29N3O2/c1-16(2)24-22(27)20-12-19(23-13-18-10-6-7-11-21(18)26)15-25(20)14-17-8-4-3-5-9-17/h3-11,16,19-20,23,26H,12-15H2,1-2H3,(H,24,27)/t19-,20+/m1/s1. The number of carbonyl (C=O) groups excluding carboxylic acids is 1. The lowest BCUT2D eigenvalue weighted by atomic mass is 10.1. The highest BCUT2D eigenvalue weighted by Crippen LogP contribution is 2.22. The lowest BCUT2D eigenvalue weighted by Crippen LogP contribution is -2.45. The van der Waals surface area contributed by atoms with Crippen molar-refractivity contribution >= 4 is 5.91 Å². The summed E-state index contributed by atoms with van der Waals surface area (Å²) in [5.74, 6) is 0.394. The van der Waals surface area contributed by atoms with Crippen LogP contribution in [0.15, 0.2) is 54.6 Å². The Morgan fingerprint density at radius 1 is 1.15 bits per heavy atom. The number of aromatic hydroxyl groups is 1. The molecule has 1 saturated heterocycles. The zero-order chi connectivity index (χ0) is 19.2. The van der Waals surface area contributed by atoms with E-state index in [1.165, 1.54) is 5.56 Å². The van der Waals surface area contributed by atoms with Crippen LogP contribution in [0.3, 0.4) is 0 Å². The Bertz CT molecular complexity index is 748. The number of likely N-dealkylation sites (tertiary alicyclic amines) is 1. The van der Waals surface area contributed by atoms with Crippen molar-refractivity contribution in [2.24, 2.45) is 0 Å². The third kappa shape index (κ3) is 5.31. The maximum absolute atomic E-state index is 12.7. The minimum absolute atomic E-state index is 0.0905. The molecule has 1 fully saturated rings. The predicted octanol–water partition coefficient (Wildman–Crippen LogP) is 2.65. The molecular weight excluding hydrogens is 338 g/mol. The number of amides is 1. The Morgan fingerprint density at radius 3 is 2.56 bits per heavy atom. The first-order chi connectivity index (χ1) is 13.0. The predicted molar refractivity (Wildman–Crippen MR) is 107 cm³/mol. The van der Waals surface area contributed by atoms with Gasteiger partial charge < -0.3 is 15.7 Å². The monoisotopic (exact) mass is 367 g/mol. The van der Waals surface area contributed by atoms with Crippen molar-refractivity contribution in [3.63, 3.8) is 0 Å². The van der Waals surface area contributed by atoms with E-state index in [0.717, 1.165) is 25.1 Å². The van der Waals surface area contributed by atoms with Crippen LogP contribution in [0.4, 0.5) is 0 Å². The zero-order valence-electron chi connectivity index (χ0n) is 16.1. The van der Waals surface area contributed by atoms with E-state index in [-0.39, 0.29) is 24.0 Å². The van der Waals surface area contributed by atoms with E-state index in [1.54, 1.807) is 6.07 Å². The molecule has 1 aliphatic heterocycles. The van der Waals surface area contributed by atoms with Crippen molar-refractivity contribution in [1.82, 2.24) is 15.5 Å². The Hall–Kier alpha value is -2.37. The van der Waals surface area contributed by atoms with Gasteiger partial charge in [-0.05, 0) is 31.9 Å². The van der Waals surface area contributed by atoms with E-state index in [9.17, 15) is 9.90 Å². The molecule has 3 rings (SSSR count). The maximum atomic E-state index is 12.7. The number of para-hydroxylation sites is 1. The molecule has 0 radical (unpaired) electrons. The normalized spacial score (nSPS) is 20.1. The van der Waals surface area contributed by atoms with Gasteiger partial charge in [0.15, 0.2) is 0 Å². The molecule has 2 aromatic rings. The summed E-state index contributed by atoms with van der Waals surface area (Å²) in [6.45, 7) is 6.13. The van der Waals surface area contributed by atoms with Crippen molar-refractivity contribution in [1.29, 1.82) is 0 Å². The molecule has 1 heterocycles. The van der Waals surface area contributed by atoms with Crippen LogP contribution in [-0.4, -0.2) is 40.6 Å². The van der Waals surface area contributed by atoms with E-state index < -0.39 is 0 Å². The van der Waals surface area contributed by atoms with Gasteiger partial charge in [-0.1, -0.05) is 48.5 Å². The fraction of sp³-hybridized carbons (Fsp3) is 0.409. The van der Waals surface area contributed by atoms with Gasteiger partial charge in [0.1, 0.15) is 5.75 Å². The van der Waals surface area contributed by atoms with Gasteiger partial charge in [0.05, 0.1) is 6.04 Å². The third-order valence-corrected chi connectivity index (χ3v) is 4.94. The van der Waals surface area contributed by atoms with Crippen molar-refractivity contribution in [2.45, 2.75) is 51.5 Å². The highest BCUT2D eigenvalue weighted by atomic mass is 16.3. The molecule has 0 unspecified atom stereocenters. The Labute approximate surface area is 161 Å². The maximum Gasteiger partial charge on any atom is 0.237 e. The molecule has 27 heavy (non-hydrogen) atoms. The molecule has 2 aromatic carbocycles. The van der Waals surface area contributed by atoms with Crippen molar-refractivity contribution in [3.8, 4) is 5.75 Å². The van der Waals surface area contributed by atoms with Crippen LogP contribution < -0.4 is 10.6 Å². The first kappa shape index (κ1) is 19.4. The number of hydrogen-bond donors (Lipinski definition) is 3. The van der Waals surface area contributed by atoms with Crippen LogP contribution in [0.25, 0.3) is 0 Å². The van der Waals surface area contributed by atoms with E-state index in [0.29, 0.717) is 12.3 Å². The topological polar surface area (TPSA) is 64.6 Å². The fourth-order valence-corrected chi connectivity index (χ4v) is 3.61. The number of nitrogens with zero attached hydrogens (tertiary/aromatic N) is 1. The van der Waals surface area contributed by atoms with Gasteiger partial charge in [0.2, 0.25) is 5.91 Å². The first-order valence-electron chi connectivity index (χ1n) is 9.61. The van der Waals surface area contributed by atoms with Crippen LogP contribution in [0.2, 0.25) is 0 Å². The lowest BCUT2D eigenvalue weighted by molar-refractivity contribution is -0.126. The Balaban J connectivity index is 1.66. The summed E-state index contributed by atoms with van der Waals surface area (Å²) in [5.41, 5.74) is 2.09. The summed E-state index contributed by atoms with van der Waals surface area (Å²) in [4.78, 5) is 15.0. The SMILES string of the molecule is CC(C)NC(=O)[C@@H]1C[C@@H](NCc2ccccc2O)CN1Cc1ccccc1. The molecule has 0 bridgehead atoms. The number of phenols is 1. The molecule has 5 heteroatoms. The number of hydrogen-bond acceptors (Lipinski definition) is 4. The van der Waals surface area contributed by atoms with Gasteiger partial charge in [-0.15, -0.1) is 0 Å². The highest BCUT2D eigenvalue weighted by Gasteiger charge is 2.36. The van der Waals surface area contributed by atoms with Crippen LogP contribution >= 0.6 is 0 Å². The van der Waals surface area contributed by atoms with Crippen LogP contribution in [0, 0.1) is 0 Å². The van der Waals surface area contributed by atoms with Crippen molar-refractivity contribution in [3.05, 3.63) is 65.7 Å². The summed E-state index contributed by atoms with van der Waals surface area (Å²) < 4.78 is 0. The third-order valence-electron chi connectivity index (χ3n) is 4.94. The molecule has 2 atom stereocenters. The van der Waals surface area contributed by atoms with E-state index in [1.807, 2.05) is 50.2 Å². The number of benzene rings is 2. The minimum Gasteiger partial charge on any atom is -0.508 e. The number of phenolic OH excluding ortho intramolecular Hbond substituents is 1. The summed E-state index contributed by atoms with van der Waals surface area (Å²) in [7, 11) is 0. The summed E-state index contributed by atoms with van der Waals surface area (Å²) in [6, 6.07) is 17.8. The molecular formula is C22H29N3O2. The Morgan fingerprint density at radius 2 is 1.85 bits per heavy atom. The van der Waals surface area contributed by atoms with E-state index in [4.69, 9.17) is 0 Å². The molecule has 1 aliphatic rings. The van der Waals surface area contributed by atoms with Gasteiger partial charge in [-0.25, -0.2) is 0 Å². The largest absolute Gasteiger partial charge is 0.508 e. The molecule has 144 valence electrons. The average Bonchev–Trinajstić information content (AvgIpc) is 3.04. The van der Waals surface area contributed by atoms with Crippen molar-refractivity contribution in [2.75, 3.05) is 6.54 Å². The van der Waals surface area contributed by atoms with Crippen LogP contribution in [-0.2, 0) is 17.9 Å². The fourth-order valence-electron chi connectivity index (χ4n) is 3.61. The van der Waals surface area contributed by atoms with Crippen LogP contribution in [0.1, 0.15) is 31.4 Å². The summed E-state index contributed by atoms with van der Waals surface area (Å²) in [6.07, 6.45) is 0.763. The molecule has 0 aliphatic carbocycles. The van der Waals surface area contributed by atoms with Gasteiger partial charge in [-0.3, -0.25) is 9.69 Å². The second-order valence-electron chi connectivity index (χ2n) is 7.54. The lowest BCUT2D eigenvalue weighted by Gasteiger charge is -2.24. The summed E-state index contributed by atoms with van der Waals surface area (Å²) >= 11 is 0. The van der Waals surface area contributed by atoms with Gasteiger partial charge >= 0.3 is 0 Å². The minimum atomic E-state index is -0.144. The Kier molecular flexibility index (Phi) is 6.48. The first-order valence-corrected chi connectivity index (χ1v) is 9.61. The molecule has 1 amide bonds. The van der Waals surface area contributed by atoms with Crippen LogP contribution in [0.5, 0.6) is 5.75 Å². The van der Waals surface area contributed by atoms with Gasteiger partial charge in [0, 0.05) is 37.3 Å². The summed E-state index contributed by atoms with van der Waals surface area (Å²) in [5, 5.41) is 16.5. The smallest absolute Gasteiger partial charge is 0.237 e. The van der Waals surface area contributed by atoms with E-state index >= 15 is 0 Å². The molecule has 5 nitrogen and oxygen atoms in total. The van der Waals surface area contributed by atoms with Crippen molar-refractivity contribution < 1.29 is 9.90 Å². The quantitative estimate of drug-likeness (QED) is 0.704. The molecule has 3 N–H and O–H groups in total. The van der Waals surface area contributed by atoms with E-state index in [2.05, 4.69) is 27.7 Å². The molecule has 0 spiro atoms. The zero-order valence-corrected chi connectivity index (χ0v) is 16.1. The van der Waals surface area contributed by atoms with Gasteiger partial charge in [0.25, 0.3) is 0 Å². The average molecular weight is 367 g/mol. The second kappa shape index (κ2) is 9.02. The second-order valence-corrected chi connectivity index (χ2v) is 7.54. The molecule has 0 saturated carbocycles. The number of nitrogens with one attached hydrogen (secondary N) is 2. The van der Waals surface area contributed by atoms with Gasteiger partial charge in [-0.2, -0.15) is 0 Å².